The number of aliphatic hydroxyl groups is 2. The van der Waals surface area contributed by atoms with Gasteiger partial charge in [0.25, 0.3) is 0 Å². The van der Waals surface area contributed by atoms with Crippen LogP contribution in [0.4, 0.5) is 0 Å². The Hall–Kier alpha value is -1.88. The first kappa shape index (κ1) is 19.9. The molecule has 2 N–H and O–H groups in total. The average molecular weight is 388 g/mol. The average Bonchev–Trinajstić information content (AvgIpc) is 2.62. The molecule has 144 valence electrons. The number of hydrogen-bond acceptors (Lipinski definition) is 3. The maximum Gasteiger partial charge on any atom is 0.227 e. The summed E-state index contributed by atoms with van der Waals surface area (Å²) in [4.78, 5) is 14.9. The van der Waals surface area contributed by atoms with Crippen LogP contribution < -0.4 is 0 Å². The van der Waals surface area contributed by atoms with Gasteiger partial charge in [-0.1, -0.05) is 48.0 Å². The number of benzene rings is 2. The third-order valence-electron chi connectivity index (χ3n) is 5.37. The van der Waals surface area contributed by atoms with Gasteiger partial charge in [-0.3, -0.25) is 4.79 Å². The number of fused-ring (bicyclic) bond motifs is 1. The van der Waals surface area contributed by atoms with Crippen LogP contribution >= 0.6 is 11.6 Å². The fourth-order valence-electron chi connectivity index (χ4n) is 4.07. The molecule has 5 heteroatoms. The van der Waals surface area contributed by atoms with Gasteiger partial charge in [-0.05, 0) is 55.5 Å². The number of rotatable bonds is 4. The highest BCUT2D eigenvalue weighted by Crippen LogP contribution is 2.38. The number of halogens is 1. The molecule has 2 atom stereocenters. The molecule has 0 aliphatic carbocycles. The third-order valence-corrected chi connectivity index (χ3v) is 5.74. The second-order valence-corrected chi connectivity index (χ2v) is 8.13. The maximum atomic E-state index is 13.1. The van der Waals surface area contributed by atoms with E-state index in [2.05, 4.69) is 0 Å². The summed E-state index contributed by atoms with van der Waals surface area (Å²) < 4.78 is 0. The molecular formula is C22H26ClNO3. The predicted molar refractivity (Wildman–Crippen MR) is 107 cm³/mol. The monoisotopic (exact) mass is 387 g/mol. The zero-order valence-electron chi connectivity index (χ0n) is 15.9. The molecule has 4 nitrogen and oxygen atoms in total. The third kappa shape index (κ3) is 3.88. The molecule has 0 radical (unpaired) electrons. The van der Waals surface area contributed by atoms with Crippen molar-refractivity contribution in [1.29, 1.82) is 0 Å². The van der Waals surface area contributed by atoms with Crippen molar-refractivity contribution in [3.63, 3.8) is 0 Å². The Labute approximate surface area is 165 Å². The summed E-state index contributed by atoms with van der Waals surface area (Å²) in [6, 6.07) is 12.6. The van der Waals surface area contributed by atoms with Gasteiger partial charge in [-0.2, -0.15) is 0 Å². The number of carbonyl (C=O) groups excluding carboxylic acids is 1. The minimum atomic E-state index is -0.977. The van der Waals surface area contributed by atoms with Crippen LogP contribution in [0.3, 0.4) is 0 Å². The van der Waals surface area contributed by atoms with E-state index in [4.69, 9.17) is 11.6 Å². The molecule has 2 aromatic carbocycles. The molecule has 0 bridgehead atoms. The van der Waals surface area contributed by atoms with E-state index in [0.29, 0.717) is 11.4 Å². The van der Waals surface area contributed by atoms with E-state index in [1.165, 1.54) is 0 Å². The van der Waals surface area contributed by atoms with Crippen LogP contribution in [0.1, 0.15) is 49.1 Å². The number of aliphatic hydroxyl groups excluding tert-OH is 1. The standard InChI is InChI=1S/C22H26ClNO3/c1-14-17-8-6-9-19(22(2,3)27)18(17)12-16(13-25)24(14)21(26)11-15-7-4-5-10-20(15)23/h4-10,14,16,25,27H,11-13H2,1-3H3/t14-,16+/m0/s1. The summed E-state index contributed by atoms with van der Waals surface area (Å²) in [5.74, 6) is -0.0611. The molecule has 27 heavy (non-hydrogen) atoms. The Morgan fingerprint density at radius 2 is 1.93 bits per heavy atom. The van der Waals surface area contributed by atoms with Gasteiger partial charge in [0, 0.05) is 5.02 Å². The smallest absolute Gasteiger partial charge is 0.227 e. The Morgan fingerprint density at radius 3 is 2.56 bits per heavy atom. The summed E-state index contributed by atoms with van der Waals surface area (Å²) in [6.07, 6.45) is 0.714. The van der Waals surface area contributed by atoms with Gasteiger partial charge < -0.3 is 15.1 Å². The summed E-state index contributed by atoms with van der Waals surface area (Å²) in [7, 11) is 0. The molecule has 0 unspecified atom stereocenters. The van der Waals surface area contributed by atoms with Gasteiger partial charge in [-0.25, -0.2) is 0 Å². The molecule has 1 aliphatic heterocycles. The lowest BCUT2D eigenvalue weighted by molar-refractivity contribution is -0.137. The van der Waals surface area contributed by atoms with E-state index >= 15 is 0 Å². The lowest BCUT2D eigenvalue weighted by Crippen LogP contribution is -2.49. The van der Waals surface area contributed by atoms with Gasteiger partial charge in [-0.15, -0.1) is 0 Å². The Bertz CT molecular complexity index is 844. The maximum absolute atomic E-state index is 13.1. The second kappa shape index (κ2) is 7.63. The summed E-state index contributed by atoms with van der Waals surface area (Å²) in [6.45, 7) is 5.36. The van der Waals surface area contributed by atoms with Crippen molar-refractivity contribution in [2.24, 2.45) is 0 Å². The minimum absolute atomic E-state index is 0.0611. The van der Waals surface area contributed by atoms with Crippen molar-refractivity contribution in [1.82, 2.24) is 4.90 Å². The highest BCUT2D eigenvalue weighted by Gasteiger charge is 2.37. The molecule has 0 aromatic heterocycles. The van der Waals surface area contributed by atoms with Crippen molar-refractivity contribution in [2.75, 3.05) is 6.61 Å². The van der Waals surface area contributed by atoms with Crippen LogP contribution in [0, 0.1) is 0 Å². The van der Waals surface area contributed by atoms with Gasteiger partial charge in [0.05, 0.1) is 30.7 Å². The van der Waals surface area contributed by atoms with Gasteiger partial charge in [0.1, 0.15) is 0 Å². The molecule has 0 fully saturated rings. The van der Waals surface area contributed by atoms with Gasteiger partial charge in [0.15, 0.2) is 0 Å². The van der Waals surface area contributed by atoms with Crippen LogP contribution in [0.25, 0.3) is 0 Å². The highest BCUT2D eigenvalue weighted by molar-refractivity contribution is 6.31. The highest BCUT2D eigenvalue weighted by atomic mass is 35.5. The normalized spacial score (nSPS) is 19.7. The van der Waals surface area contributed by atoms with Gasteiger partial charge >= 0.3 is 0 Å². The molecule has 2 aromatic rings. The zero-order chi connectivity index (χ0) is 19.8. The van der Waals surface area contributed by atoms with Gasteiger partial charge in [0.2, 0.25) is 5.91 Å². The number of hydrogen-bond donors (Lipinski definition) is 2. The van der Waals surface area contributed by atoms with E-state index in [1.54, 1.807) is 24.8 Å². The van der Waals surface area contributed by atoms with Crippen molar-refractivity contribution >= 4 is 17.5 Å². The topological polar surface area (TPSA) is 60.8 Å². The lowest BCUT2D eigenvalue weighted by Gasteiger charge is -2.43. The fraction of sp³-hybridized carbons (Fsp3) is 0.409. The zero-order valence-corrected chi connectivity index (χ0v) is 16.7. The first-order valence-corrected chi connectivity index (χ1v) is 9.62. The fourth-order valence-corrected chi connectivity index (χ4v) is 4.27. The van der Waals surface area contributed by atoms with Crippen molar-refractivity contribution in [2.45, 2.75) is 51.3 Å². The molecule has 1 aliphatic rings. The SMILES string of the molecule is C[C@H]1c2cccc(C(C)(C)O)c2C[C@H](CO)N1C(=O)Cc1ccccc1Cl. The molecule has 0 spiro atoms. The second-order valence-electron chi connectivity index (χ2n) is 7.72. The summed E-state index contributed by atoms with van der Waals surface area (Å²) in [5.41, 5.74) is 2.70. The first-order valence-electron chi connectivity index (χ1n) is 9.24. The van der Waals surface area contributed by atoms with E-state index in [1.807, 2.05) is 43.3 Å². The largest absolute Gasteiger partial charge is 0.394 e. The van der Waals surface area contributed by atoms with Crippen LogP contribution in [-0.4, -0.2) is 33.7 Å². The van der Waals surface area contributed by atoms with E-state index < -0.39 is 5.60 Å². The van der Waals surface area contributed by atoms with E-state index in [-0.39, 0.29) is 31.0 Å². The Morgan fingerprint density at radius 1 is 1.22 bits per heavy atom. The quantitative estimate of drug-likeness (QED) is 0.842. The summed E-state index contributed by atoms with van der Waals surface area (Å²) in [5, 5.41) is 21.1. The number of nitrogens with zero attached hydrogens (tertiary/aromatic N) is 1. The molecule has 3 rings (SSSR count). The number of amides is 1. The first-order chi connectivity index (χ1) is 12.7. The Kier molecular flexibility index (Phi) is 5.61. The molecule has 1 heterocycles. The van der Waals surface area contributed by atoms with Crippen LogP contribution in [-0.2, 0) is 23.2 Å². The van der Waals surface area contributed by atoms with Crippen molar-refractivity contribution in [3.8, 4) is 0 Å². The van der Waals surface area contributed by atoms with Crippen LogP contribution in [0.15, 0.2) is 42.5 Å². The lowest BCUT2D eigenvalue weighted by atomic mass is 9.81. The van der Waals surface area contributed by atoms with E-state index in [0.717, 1.165) is 22.3 Å². The molecular weight excluding hydrogens is 362 g/mol. The molecule has 0 saturated carbocycles. The van der Waals surface area contributed by atoms with Crippen LogP contribution in [0.2, 0.25) is 5.02 Å². The van der Waals surface area contributed by atoms with Crippen molar-refractivity contribution in [3.05, 3.63) is 69.7 Å². The molecule has 1 amide bonds. The van der Waals surface area contributed by atoms with E-state index in [9.17, 15) is 15.0 Å². The minimum Gasteiger partial charge on any atom is -0.394 e. The number of carbonyl (C=O) groups is 1. The molecule has 0 saturated heterocycles. The predicted octanol–water partition coefficient (Wildman–Crippen LogP) is 3.62. The van der Waals surface area contributed by atoms with Crippen LogP contribution in [0.5, 0.6) is 0 Å². The Balaban J connectivity index is 1.96. The summed E-state index contributed by atoms with van der Waals surface area (Å²) >= 11 is 6.22. The van der Waals surface area contributed by atoms with Crippen molar-refractivity contribution < 1.29 is 15.0 Å².